The van der Waals surface area contributed by atoms with E-state index in [-0.39, 0.29) is 28.2 Å². The van der Waals surface area contributed by atoms with E-state index in [1.165, 1.54) is 22.5 Å². The topological polar surface area (TPSA) is 105 Å². The van der Waals surface area contributed by atoms with Crippen LogP contribution in [0.2, 0.25) is 0 Å². The van der Waals surface area contributed by atoms with Crippen LogP contribution in [0.3, 0.4) is 0 Å². The monoisotopic (exact) mass is 442 g/mol. The normalized spacial score (nSPS) is 16.1. The van der Waals surface area contributed by atoms with Gasteiger partial charge >= 0.3 is 0 Å². The molecule has 2 N–H and O–H groups in total. The van der Waals surface area contributed by atoms with Gasteiger partial charge in [-0.05, 0) is 49.1 Å². The van der Waals surface area contributed by atoms with Gasteiger partial charge in [-0.1, -0.05) is 26.0 Å². The molecule has 31 heavy (non-hydrogen) atoms. The number of hydrogen-bond acceptors (Lipinski definition) is 5. The maximum Gasteiger partial charge on any atom is 0.247 e. The van der Waals surface area contributed by atoms with Gasteiger partial charge in [0.25, 0.3) is 0 Å². The lowest BCUT2D eigenvalue weighted by Crippen LogP contribution is -2.30. The Hall–Kier alpha value is -2.91. The zero-order chi connectivity index (χ0) is 22.2. The van der Waals surface area contributed by atoms with E-state index in [1.54, 1.807) is 10.9 Å². The molecule has 1 unspecified atom stereocenters. The van der Waals surface area contributed by atoms with Gasteiger partial charge in [0.15, 0.2) is 0 Å². The molecular formula is C22H26N4O4S. The van der Waals surface area contributed by atoms with E-state index in [0.29, 0.717) is 13.1 Å². The number of nitrogens with zero attached hydrogens (tertiary/aromatic N) is 3. The van der Waals surface area contributed by atoms with Crippen molar-refractivity contribution in [1.29, 1.82) is 0 Å². The lowest BCUT2D eigenvalue weighted by Gasteiger charge is -2.23. The second-order valence-electron chi connectivity index (χ2n) is 8.11. The number of sulfonamides is 1. The quantitative estimate of drug-likeness (QED) is 0.570. The summed E-state index contributed by atoms with van der Waals surface area (Å²) in [5, 5.41) is 13.0. The molecule has 1 amide bonds. The molecule has 2 heterocycles. The minimum Gasteiger partial charge on any atom is -0.506 e. The number of phenols is 1. The SMILES string of the molecule is CC(C)C(C(=O)Nc1cc(S(=O)(=O)N2CCCC2)ccc1O)n1cnc2ccccc21. The molecule has 0 bridgehead atoms. The van der Waals surface area contributed by atoms with E-state index >= 15 is 0 Å². The third-order valence-electron chi connectivity index (χ3n) is 5.61. The highest BCUT2D eigenvalue weighted by Gasteiger charge is 2.29. The number of carbonyl (C=O) groups is 1. The minimum atomic E-state index is -3.67. The number of aromatic hydroxyl groups is 1. The van der Waals surface area contributed by atoms with Crippen molar-refractivity contribution in [2.24, 2.45) is 5.92 Å². The third kappa shape index (κ3) is 4.03. The van der Waals surface area contributed by atoms with Crippen LogP contribution >= 0.6 is 0 Å². The fourth-order valence-electron chi connectivity index (χ4n) is 4.01. The smallest absolute Gasteiger partial charge is 0.247 e. The van der Waals surface area contributed by atoms with E-state index in [2.05, 4.69) is 10.3 Å². The molecule has 1 atom stereocenters. The van der Waals surface area contributed by atoms with E-state index in [9.17, 15) is 18.3 Å². The molecule has 0 radical (unpaired) electrons. The predicted molar refractivity (Wildman–Crippen MR) is 118 cm³/mol. The summed E-state index contributed by atoms with van der Waals surface area (Å²) in [6.45, 7) is 4.81. The second-order valence-corrected chi connectivity index (χ2v) is 10.0. The van der Waals surface area contributed by atoms with Gasteiger partial charge in [-0.25, -0.2) is 13.4 Å². The van der Waals surface area contributed by atoms with E-state index in [0.717, 1.165) is 23.9 Å². The number of aromatic nitrogens is 2. The van der Waals surface area contributed by atoms with Crippen LogP contribution in [0, 0.1) is 5.92 Å². The van der Waals surface area contributed by atoms with Crippen LogP contribution in [-0.2, 0) is 14.8 Å². The molecular weight excluding hydrogens is 416 g/mol. The van der Waals surface area contributed by atoms with Crippen molar-refractivity contribution < 1.29 is 18.3 Å². The Morgan fingerprint density at radius 2 is 1.84 bits per heavy atom. The van der Waals surface area contributed by atoms with Gasteiger partial charge in [0.05, 0.1) is 27.9 Å². The number of anilines is 1. The fourth-order valence-corrected chi connectivity index (χ4v) is 5.55. The first-order valence-corrected chi connectivity index (χ1v) is 11.8. The lowest BCUT2D eigenvalue weighted by atomic mass is 10.0. The number of nitrogens with one attached hydrogen (secondary N) is 1. The summed E-state index contributed by atoms with van der Waals surface area (Å²) < 4.78 is 29.0. The molecule has 1 saturated heterocycles. The molecule has 0 aliphatic carbocycles. The van der Waals surface area contributed by atoms with Crippen LogP contribution < -0.4 is 5.32 Å². The van der Waals surface area contributed by atoms with Gasteiger partial charge < -0.3 is 15.0 Å². The minimum absolute atomic E-state index is 0.0525. The summed E-state index contributed by atoms with van der Waals surface area (Å²) in [7, 11) is -3.67. The average Bonchev–Trinajstić information content (AvgIpc) is 3.41. The summed E-state index contributed by atoms with van der Waals surface area (Å²) in [5.41, 5.74) is 1.67. The Morgan fingerprint density at radius 1 is 1.13 bits per heavy atom. The summed E-state index contributed by atoms with van der Waals surface area (Å²) in [4.78, 5) is 17.7. The highest BCUT2D eigenvalue weighted by molar-refractivity contribution is 7.89. The number of amides is 1. The molecule has 1 fully saturated rings. The molecule has 1 aromatic heterocycles. The Balaban J connectivity index is 1.65. The van der Waals surface area contributed by atoms with Crippen LogP contribution in [0.15, 0.2) is 53.7 Å². The first-order chi connectivity index (χ1) is 14.8. The van der Waals surface area contributed by atoms with E-state index < -0.39 is 16.1 Å². The van der Waals surface area contributed by atoms with Crippen LogP contribution in [-0.4, -0.2) is 46.4 Å². The molecule has 8 nitrogen and oxygen atoms in total. The van der Waals surface area contributed by atoms with Crippen molar-refractivity contribution in [3.63, 3.8) is 0 Å². The first-order valence-electron chi connectivity index (χ1n) is 10.3. The van der Waals surface area contributed by atoms with E-state index in [4.69, 9.17) is 0 Å². The average molecular weight is 443 g/mol. The van der Waals surface area contributed by atoms with Crippen LogP contribution in [0.25, 0.3) is 11.0 Å². The zero-order valence-corrected chi connectivity index (χ0v) is 18.3. The number of hydrogen-bond donors (Lipinski definition) is 2. The molecule has 2 aromatic carbocycles. The van der Waals surface area contributed by atoms with Gasteiger partial charge in [0.1, 0.15) is 11.8 Å². The third-order valence-corrected chi connectivity index (χ3v) is 7.50. The highest BCUT2D eigenvalue weighted by atomic mass is 32.2. The standard InChI is InChI=1S/C22H26N4O4S/c1-15(2)21(26-14-23-17-7-3-4-8-19(17)26)22(28)24-18-13-16(9-10-20(18)27)31(29,30)25-11-5-6-12-25/h3-4,7-10,13-15,21,27H,5-6,11-12H2,1-2H3,(H,24,28). The highest BCUT2D eigenvalue weighted by Crippen LogP contribution is 2.31. The molecule has 1 aliphatic heterocycles. The number of carbonyl (C=O) groups excluding carboxylic acids is 1. The predicted octanol–water partition coefficient (Wildman–Crippen LogP) is 3.36. The molecule has 4 rings (SSSR count). The maximum absolute atomic E-state index is 13.2. The van der Waals surface area contributed by atoms with Crippen molar-refractivity contribution in [2.45, 2.75) is 37.6 Å². The van der Waals surface area contributed by atoms with Crippen LogP contribution in [0.4, 0.5) is 5.69 Å². The number of para-hydroxylation sites is 2. The number of benzene rings is 2. The summed E-state index contributed by atoms with van der Waals surface area (Å²) in [5.74, 6) is -0.618. The number of imidazole rings is 1. The maximum atomic E-state index is 13.2. The molecule has 0 saturated carbocycles. The van der Waals surface area contributed by atoms with Crippen LogP contribution in [0.5, 0.6) is 5.75 Å². The molecule has 1 aliphatic rings. The van der Waals surface area contributed by atoms with Crippen molar-refractivity contribution in [3.05, 3.63) is 48.8 Å². The van der Waals surface area contributed by atoms with Crippen molar-refractivity contribution in [3.8, 4) is 5.75 Å². The van der Waals surface area contributed by atoms with Gasteiger partial charge in [-0.3, -0.25) is 4.79 Å². The zero-order valence-electron chi connectivity index (χ0n) is 17.5. The number of rotatable bonds is 6. The Morgan fingerprint density at radius 3 is 2.55 bits per heavy atom. The molecule has 3 aromatic rings. The van der Waals surface area contributed by atoms with Crippen molar-refractivity contribution in [2.75, 3.05) is 18.4 Å². The molecule has 0 spiro atoms. The Kier molecular flexibility index (Phi) is 5.72. The van der Waals surface area contributed by atoms with Gasteiger partial charge in [0.2, 0.25) is 15.9 Å². The molecule has 164 valence electrons. The second kappa shape index (κ2) is 8.32. The van der Waals surface area contributed by atoms with Crippen LogP contribution in [0.1, 0.15) is 32.7 Å². The van der Waals surface area contributed by atoms with Gasteiger partial charge in [-0.15, -0.1) is 0 Å². The Bertz CT molecular complexity index is 1210. The summed E-state index contributed by atoms with van der Waals surface area (Å²) in [6.07, 6.45) is 3.29. The first kappa shape index (κ1) is 21.3. The fraction of sp³-hybridized carbons (Fsp3) is 0.364. The van der Waals surface area contributed by atoms with Crippen molar-refractivity contribution >= 4 is 32.7 Å². The van der Waals surface area contributed by atoms with Gasteiger partial charge in [0, 0.05) is 13.1 Å². The van der Waals surface area contributed by atoms with E-state index in [1.807, 2.05) is 38.1 Å². The molecule has 9 heteroatoms. The number of phenolic OH excluding ortho intramolecular Hbond substituents is 1. The van der Waals surface area contributed by atoms with Crippen molar-refractivity contribution in [1.82, 2.24) is 13.9 Å². The lowest BCUT2D eigenvalue weighted by molar-refractivity contribution is -0.120. The Labute approximate surface area is 181 Å². The van der Waals surface area contributed by atoms with Gasteiger partial charge in [-0.2, -0.15) is 4.31 Å². The largest absolute Gasteiger partial charge is 0.506 e. The number of fused-ring (bicyclic) bond motifs is 1. The summed E-state index contributed by atoms with van der Waals surface area (Å²) >= 11 is 0. The summed E-state index contributed by atoms with van der Waals surface area (Å²) in [6, 6.07) is 10.9.